The molecule has 0 unspecified atom stereocenters. The third kappa shape index (κ3) is 2.81. The Balaban J connectivity index is 1.60. The van der Waals surface area contributed by atoms with Crippen LogP contribution in [0.3, 0.4) is 0 Å². The number of rotatable bonds is 4. The molecular formula is C25H33BrO7. The van der Waals surface area contributed by atoms with Crippen LogP contribution in [0.2, 0.25) is 0 Å². The molecule has 0 radical (unpaired) electrons. The molecule has 7 nitrogen and oxygen atoms in total. The van der Waals surface area contributed by atoms with Crippen LogP contribution in [0.5, 0.6) is 0 Å². The molecular weight excluding hydrogens is 492 g/mol. The molecule has 1 saturated heterocycles. The Morgan fingerprint density at radius 1 is 1.27 bits per heavy atom. The molecule has 1 heterocycles. The summed E-state index contributed by atoms with van der Waals surface area (Å²) in [4.78, 5) is 36.6. The van der Waals surface area contributed by atoms with Crippen LogP contribution in [-0.4, -0.2) is 57.7 Å². The Morgan fingerprint density at radius 2 is 2.00 bits per heavy atom. The smallest absolute Gasteiger partial charge is 0.293 e. The van der Waals surface area contributed by atoms with Crippen LogP contribution in [0, 0.1) is 22.7 Å². The molecule has 5 rings (SSSR count). The third-order valence-electron chi connectivity index (χ3n) is 9.73. The first kappa shape index (κ1) is 23.6. The molecule has 0 spiro atoms. The van der Waals surface area contributed by atoms with E-state index in [1.54, 1.807) is 19.9 Å². The van der Waals surface area contributed by atoms with Crippen molar-refractivity contribution in [1.82, 2.24) is 0 Å². The number of allylic oxidation sites excluding steroid dienone is 1. The van der Waals surface area contributed by atoms with Gasteiger partial charge in [-0.3, -0.25) is 14.4 Å². The fourth-order valence-electron chi connectivity index (χ4n) is 8.39. The molecule has 1 N–H and O–H groups in total. The predicted molar refractivity (Wildman–Crippen MR) is 121 cm³/mol. The SMILES string of the molecule is CC1(C)O[C@@H]2C[C@H]3[C@@H]4CCC5=CC(=O)CC[C@]5(C)[C@@]4(Br)[C@@H](O)C[C@]3(C)[C@]2(C(=O)COC=O)O1. The van der Waals surface area contributed by atoms with Crippen molar-refractivity contribution in [3.63, 3.8) is 0 Å². The molecule has 0 amide bonds. The second kappa shape index (κ2) is 7.21. The first-order chi connectivity index (χ1) is 15.4. The zero-order chi connectivity index (χ0) is 24.0. The number of alkyl halides is 1. The number of aliphatic hydroxyl groups excluding tert-OH is 1. The van der Waals surface area contributed by atoms with E-state index in [9.17, 15) is 19.5 Å². The van der Waals surface area contributed by atoms with Gasteiger partial charge in [-0.25, -0.2) is 0 Å². The number of carbonyl (C=O) groups is 3. The standard InChI is InChI=1S/C25H33BrO7/c1-21(2)32-20-10-17-16-6-5-14-9-15(28)7-8-22(14,3)24(16,26)18(29)11-23(17,4)25(20,33-21)19(30)12-31-13-27/h9,13,16-18,20,29H,5-8,10-12H2,1-4H3/t16-,17-,18-,20+,22-,23-,24-,25+/m0/s1. The van der Waals surface area contributed by atoms with Gasteiger partial charge in [0.1, 0.15) is 0 Å². The number of Topliss-reactive ketones (excluding diaryl/α,β-unsaturated/α-hetero) is 1. The number of fused-ring (bicyclic) bond motifs is 7. The maximum atomic E-state index is 13.6. The Bertz CT molecular complexity index is 945. The first-order valence-electron chi connectivity index (χ1n) is 11.9. The Morgan fingerprint density at radius 3 is 2.70 bits per heavy atom. The Kier molecular flexibility index (Phi) is 5.17. The van der Waals surface area contributed by atoms with E-state index >= 15 is 0 Å². The molecule has 0 aromatic heterocycles. The zero-order valence-electron chi connectivity index (χ0n) is 19.7. The van der Waals surface area contributed by atoms with Crippen molar-refractivity contribution < 1.29 is 33.7 Å². The molecule has 182 valence electrons. The van der Waals surface area contributed by atoms with Crippen molar-refractivity contribution in [2.45, 2.75) is 94.1 Å². The molecule has 0 aromatic carbocycles. The van der Waals surface area contributed by atoms with Crippen molar-refractivity contribution >= 4 is 34.0 Å². The maximum absolute atomic E-state index is 13.6. The van der Waals surface area contributed by atoms with Crippen molar-refractivity contribution in [3.05, 3.63) is 11.6 Å². The molecule has 8 heteroatoms. The van der Waals surface area contributed by atoms with Gasteiger partial charge in [-0.1, -0.05) is 35.4 Å². The highest BCUT2D eigenvalue weighted by molar-refractivity contribution is 9.10. The summed E-state index contributed by atoms with van der Waals surface area (Å²) in [5.74, 6) is -0.986. The van der Waals surface area contributed by atoms with E-state index in [2.05, 4.69) is 22.9 Å². The number of hydrogen-bond donors (Lipinski definition) is 1. The summed E-state index contributed by atoms with van der Waals surface area (Å²) in [5.41, 5.74) is -1.22. The number of aliphatic hydroxyl groups is 1. The summed E-state index contributed by atoms with van der Waals surface area (Å²) in [6.07, 6.45) is 4.31. The van der Waals surface area contributed by atoms with E-state index in [1.165, 1.54) is 0 Å². The van der Waals surface area contributed by atoms with Crippen LogP contribution in [0.15, 0.2) is 11.6 Å². The van der Waals surface area contributed by atoms with Gasteiger partial charge in [-0.15, -0.1) is 0 Å². The highest BCUT2D eigenvalue weighted by atomic mass is 79.9. The molecule has 4 aliphatic carbocycles. The molecule has 8 atom stereocenters. The molecule has 4 fully saturated rings. The van der Waals surface area contributed by atoms with Gasteiger partial charge in [0.2, 0.25) is 5.78 Å². The van der Waals surface area contributed by atoms with E-state index in [1.807, 2.05) is 6.92 Å². The lowest BCUT2D eigenvalue weighted by atomic mass is 9.45. The van der Waals surface area contributed by atoms with Crippen LogP contribution >= 0.6 is 15.9 Å². The summed E-state index contributed by atoms with van der Waals surface area (Å²) in [6.45, 7) is 7.70. The average molecular weight is 525 g/mol. The summed E-state index contributed by atoms with van der Waals surface area (Å²) in [5, 5.41) is 11.8. The monoisotopic (exact) mass is 524 g/mol. The van der Waals surface area contributed by atoms with Crippen LogP contribution in [0.25, 0.3) is 0 Å². The van der Waals surface area contributed by atoms with Crippen LogP contribution < -0.4 is 0 Å². The van der Waals surface area contributed by atoms with Gasteiger partial charge in [0, 0.05) is 17.3 Å². The Hall–Kier alpha value is -1.09. The number of halogens is 1. The highest BCUT2D eigenvalue weighted by Crippen LogP contribution is 2.73. The summed E-state index contributed by atoms with van der Waals surface area (Å²) in [6, 6.07) is 0. The largest absolute Gasteiger partial charge is 0.460 e. The average Bonchev–Trinajstić information content (AvgIpc) is 3.14. The lowest BCUT2D eigenvalue weighted by Gasteiger charge is -2.65. The highest BCUT2D eigenvalue weighted by Gasteiger charge is 2.79. The number of hydrogen-bond acceptors (Lipinski definition) is 7. The summed E-state index contributed by atoms with van der Waals surface area (Å²) >= 11 is 4.08. The van der Waals surface area contributed by atoms with Crippen molar-refractivity contribution in [1.29, 1.82) is 0 Å². The van der Waals surface area contributed by atoms with Gasteiger partial charge < -0.3 is 19.3 Å². The number of ether oxygens (including phenoxy) is 3. The number of ketones is 2. The van der Waals surface area contributed by atoms with Gasteiger partial charge in [-0.05, 0) is 63.9 Å². The van der Waals surface area contributed by atoms with E-state index in [0.29, 0.717) is 25.7 Å². The van der Waals surface area contributed by atoms with Gasteiger partial charge in [-0.2, -0.15) is 0 Å². The van der Waals surface area contributed by atoms with Gasteiger partial charge >= 0.3 is 0 Å². The molecule has 0 aromatic rings. The van der Waals surface area contributed by atoms with Crippen LogP contribution in [-0.2, 0) is 28.6 Å². The van der Waals surface area contributed by atoms with Gasteiger partial charge in [0.05, 0.1) is 16.5 Å². The summed E-state index contributed by atoms with van der Waals surface area (Å²) < 4.78 is 17.0. The van der Waals surface area contributed by atoms with Crippen molar-refractivity contribution in [2.24, 2.45) is 22.7 Å². The fourth-order valence-corrected chi connectivity index (χ4v) is 9.55. The minimum absolute atomic E-state index is 0.0533. The lowest BCUT2D eigenvalue weighted by molar-refractivity contribution is -0.223. The van der Waals surface area contributed by atoms with E-state index in [0.717, 1.165) is 18.4 Å². The molecule has 5 aliphatic rings. The normalized spacial score (nSPS) is 49.9. The summed E-state index contributed by atoms with van der Waals surface area (Å²) in [7, 11) is 0. The van der Waals surface area contributed by atoms with Crippen molar-refractivity contribution in [2.75, 3.05) is 6.61 Å². The van der Waals surface area contributed by atoms with Gasteiger partial charge in [0.25, 0.3) is 6.47 Å². The number of carbonyl (C=O) groups excluding carboxylic acids is 3. The van der Waals surface area contributed by atoms with Crippen LogP contribution in [0.4, 0.5) is 0 Å². The lowest BCUT2D eigenvalue weighted by Crippen LogP contribution is -2.69. The van der Waals surface area contributed by atoms with E-state index < -0.39 is 33.3 Å². The molecule has 33 heavy (non-hydrogen) atoms. The van der Waals surface area contributed by atoms with Crippen LogP contribution in [0.1, 0.15) is 66.2 Å². The fraction of sp³-hybridized carbons (Fsp3) is 0.800. The molecule has 3 saturated carbocycles. The van der Waals surface area contributed by atoms with E-state index in [-0.39, 0.29) is 41.9 Å². The minimum atomic E-state index is -1.29. The zero-order valence-corrected chi connectivity index (χ0v) is 21.3. The molecule has 1 aliphatic heterocycles. The van der Waals surface area contributed by atoms with Crippen molar-refractivity contribution in [3.8, 4) is 0 Å². The molecule has 0 bridgehead atoms. The Labute approximate surface area is 202 Å². The predicted octanol–water partition coefficient (Wildman–Crippen LogP) is 3.25. The second-order valence-electron chi connectivity index (χ2n) is 11.5. The van der Waals surface area contributed by atoms with E-state index in [4.69, 9.17) is 14.2 Å². The third-order valence-corrected chi connectivity index (χ3v) is 11.7. The topological polar surface area (TPSA) is 99.1 Å². The first-order valence-corrected chi connectivity index (χ1v) is 12.7. The minimum Gasteiger partial charge on any atom is -0.460 e. The quantitative estimate of drug-likeness (QED) is 0.445. The second-order valence-corrected chi connectivity index (χ2v) is 12.8. The van der Waals surface area contributed by atoms with Gasteiger partial charge in [0.15, 0.2) is 23.8 Å². The maximum Gasteiger partial charge on any atom is 0.293 e.